The molecule has 5 nitrogen and oxygen atoms in total. The molecule has 1 aromatic heterocycles. The molecule has 0 N–H and O–H groups in total. The van der Waals surface area contributed by atoms with E-state index in [-0.39, 0.29) is 0 Å². The average molecular weight is 808 g/mol. The fourth-order valence-electron chi connectivity index (χ4n) is 9.41. The Bertz CT molecular complexity index is 3300. The number of aromatic nitrogens is 3. The molecule has 1 aliphatic heterocycles. The van der Waals surface area contributed by atoms with Gasteiger partial charge in [-0.05, 0) is 80.4 Å². The summed E-state index contributed by atoms with van der Waals surface area (Å²) in [5, 5.41) is 0. The Labute approximate surface area is 365 Å². The number of nitrogens with zero attached hydrogens (tertiary/aromatic N) is 3. The third kappa shape index (κ3) is 6.13. The van der Waals surface area contributed by atoms with E-state index in [9.17, 15) is 0 Å². The Hall–Kier alpha value is -8.41. The molecule has 0 radical (unpaired) electrons. The van der Waals surface area contributed by atoms with Gasteiger partial charge < -0.3 is 9.47 Å². The number of fused-ring (bicyclic) bond motifs is 5. The summed E-state index contributed by atoms with van der Waals surface area (Å²) in [7, 11) is 0. The number of hydrogen-bond acceptors (Lipinski definition) is 5. The third-order valence-electron chi connectivity index (χ3n) is 12.3. The maximum Gasteiger partial charge on any atom is 0.177 e. The molecular formula is C58H37N3O2. The molecule has 0 bridgehead atoms. The van der Waals surface area contributed by atoms with Gasteiger partial charge in [-0.2, -0.15) is 0 Å². The number of rotatable bonds is 7. The standard InChI is InChI=1S/C58H37N3O2/c1-5-18-38(19-6-1)40-22-15-24-42(34-40)56-59-55(39-20-7-2-8-21-39)60-57(61-56)43-25-16-23-41(35-43)46-31-17-33-51-54(46)63-52-36-48-47-30-13-14-32-49(47)58(44-26-9-3-10-27-44,45-28-11-4-12-29-45)50(48)37-53(52)62-51/h1-37H. The van der Waals surface area contributed by atoms with Crippen LogP contribution < -0.4 is 9.47 Å². The molecule has 0 saturated heterocycles. The quantitative estimate of drug-likeness (QED) is 0.161. The Balaban J connectivity index is 0.954. The molecule has 10 aromatic rings. The minimum absolute atomic E-state index is 0.546. The molecular weight excluding hydrogens is 771 g/mol. The van der Waals surface area contributed by atoms with Crippen molar-refractivity contribution in [3.05, 3.63) is 247 Å². The summed E-state index contributed by atoms with van der Waals surface area (Å²) < 4.78 is 13.8. The summed E-state index contributed by atoms with van der Waals surface area (Å²) in [5.41, 5.74) is 13.3. The van der Waals surface area contributed by atoms with Crippen LogP contribution >= 0.6 is 0 Å². The van der Waals surface area contributed by atoms with E-state index >= 15 is 0 Å². The van der Waals surface area contributed by atoms with Gasteiger partial charge in [0, 0.05) is 22.3 Å². The Kier molecular flexibility index (Phi) is 8.64. The van der Waals surface area contributed by atoms with Crippen LogP contribution in [0.1, 0.15) is 22.3 Å². The van der Waals surface area contributed by atoms with Gasteiger partial charge in [-0.15, -0.1) is 0 Å². The second-order valence-electron chi connectivity index (χ2n) is 15.9. The predicted octanol–water partition coefficient (Wildman–Crippen LogP) is 14.5. The third-order valence-corrected chi connectivity index (χ3v) is 12.3. The van der Waals surface area contributed by atoms with Gasteiger partial charge in [0.05, 0.1) is 5.41 Å². The molecule has 0 spiro atoms. The topological polar surface area (TPSA) is 57.1 Å². The van der Waals surface area contributed by atoms with Gasteiger partial charge in [-0.25, -0.2) is 15.0 Å². The highest BCUT2D eigenvalue weighted by molar-refractivity contribution is 5.89. The molecule has 9 aromatic carbocycles. The molecule has 0 atom stereocenters. The zero-order chi connectivity index (χ0) is 41.7. The van der Waals surface area contributed by atoms with Crippen molar-refractivity contribution in [2.45, 2.75) is 5.41 Å². The number of para-hydroxylation sites is 1. The lowest BCUT2D eigenvalue weighted by Crippen LogP contribution is -2.28. The second kappa shape index (κ2) is 14.9. The van der Waals surface area contributed by atoms with Gasteiger partial charge in [0.25, 0.3) is 0 Å². The lowest BCUT2D eigenvalue weighted by molar-refractivity contribution is 0.360. The van der Waals surface area contributed by atoms with E-state index in [0.29, 0.717) is 40.5 Å². The molecule has 2 aliphatic rings. The first-order valence-corrected chi connectivity index (χ1v) is 21.2. The molecule has 5 heteroatoms. The number of benzene rings is 9. The largest absolute Gasteiger partial charge is 0.449 e. The molecule has 1 aliphatic carbocycles. The van der Waals surface area contributed by atoms with E-state index in [1.807, 2.05) is 60.7 Å². The number of hydrogen-bond donors (Lipinski definition) is 0. The van der Waals surface area contributed by atoms with Crippen LogP contribution in [0.5, 0.6) is 23.0 Å². The Morgan fingerprint density at radius 3 is 1.43 bits per heavy atom. The van der Waals surface area contributed by atoms with Gasteiger partial charge in [0.2, 0.25) is 0 Å². The fraction of sp³-hybridized carbons (Fsp3) is 0.0172. The van der Waals surface area contributed by atoms with Crippen molar-refractivity contribution in [3.63, 3.8) is 0 Å². The summed E-state index contributed by atoms with van der Waals surface area (Å²) in [6.07, 6.45) is 0. The second-order valence-corrected chi connectivity index (χ2v) is 15.9. The van der Waals surface area contributed by atoms with E-state index in [2.05, 4.69) is 164 Å². The van der Waals surface area contributed by atoms with Crippen LogP contribution in [-0.2, 0) is 5.41 Å². The van der Waals surface area contributed by atoms with Crippen LogP contribution in [0.4, 0.5) is 0 Å². The molecule has 63 heavy (non-hydrogen) atoms. The molecule has 0 amide bonds. The smallest absolute Gasteiger partial charge is 0.177 e. The van der Waals surface area contributed by atoms with E-state index < -0.39 is 5.41 Å². The first-order valence-electron chi connectivity index (χ1n) is 21.2. The predicted molar refractivity (Wildman–Crippen MR) is 251 cm³/mol. The highest BCUT2D eigenvalue weighted by atomic mass is 16.6. The van der Waals surface area contributed by atoms with Crippen molar-refractivity contribution >= 4 is 0 Å². The van der Waals surface area contributed by atoms with Crippen LogP contribution in [0.15, 0.2) is 224 Å². The zero-order valence-corrected chi connectivity index (χ0v) is 34.0. The molecule has 2 heterocycles. The monoisotopic (exact) mass is 807 g/mol. The number of ether oxygens (including phenoxy) is 2. The summed E-state index contributed by atoms with van der Waals surface area (Å²) >= 11 is 0. The SMILES string of the molecule is c1ccc(-c2cccc(-c3nc(-c4ccccc4)nc(-c4cccc(-c5cccc6c5Oc5cc7c(cc5O6)C(c5ccccc5)(c5ccccc5)c5ccccc5-7)c4)n3)c2)cc1. The van der Waals surface area contributed by atoms with E-state index in [1.165, 1.54) is 22.3 Å². The van der Waals surface area contributed by atoms with Crippen molar-refractivity contribution < 1.29 is 9.47 Å². The summed E-state index contributed by atoms with van der Waals surface area (Å²) in [5.74, 6) is 4.44. The Morgan fingerprint density at radius 1 is 0.286 bits per heavy atom. The molecule has 0 saturated carbocycles. The first kappa shape index (κ1) is 36.4. The maximum absolute atomic E-state index is 6.96. The minimum atomic E-state index is -0.546. The van der Waals surface area contributed by atoms with Crippen LogP contribution in [-0.4, -0.2) is 15.0 Å². The van der Waals surface area contributed by atoms with Crippen LogP contribution in [0.3, 0.4) is 0 Å². The van der Waals surface area contributed by atoms with Crippen LogP contribution in [0, 0.1) is 0 Å². The van der Waals surface area contributed by atoms with Crippen molar-refractivity contribution in [2.24, 2.45) is 0 Å². The average Bonchev–Trinajstić information content (AvgIpc) is 3.65. The summed E-state index contributed by atoms with van der Waals surface area (Å²) in [6.45, 7) is 0. The maximum atomic E-state index is 6.96. The molecule has 0 fully saturated rings. The van der Waals surface area contributed by atoms with Gasteiger partial charge in [-0.1, -0.05) is 194 Å². The van der Waals surface area contributed by atoms with E-state index in [1.54, 1.807) is 0 Å². The van der Waals surface area contributed by atoms with E-state index in [0.717, 1.165) is 50.1 Å². The normalized spacial score (nSPS) is 12.8. The van der Waals surface area contributed by atoms with Gasteiger partial charge in [0.15, 0.2) is 40.5 Å². The van der Waals surface area contributed by atoms with Crippen molar-refractivity contribution in [2.75, 3.05) is 0 Å². The van der Waals surface area contributed by atoms with Crippen molar-refractivity contribution in [1.29, 1.82) is 0 Å². The highest BCUT2D eigenvalue weighted by Gasteiger charge is 2.47. The van der Waals surface area contributed by atoms with E-state index in [4.69, 9.17) is 24.4 Å². The lowest BCUT2D eigenvalue weighted by Gasteiger charge is -2.34. The van der Waals surface area contributed by atoms with Crippen LogP contribution in [0.2, 0.25) is 0 Å². The van der Waals surface area contributed by atoms with Crippen molar-refractivity contribution in [3.8, 4) is 90.5 Å². The van der Waals surface area contributed by atoms with Gasteiger partial charge >= 0.3 is 0 Å². The lowest BCUT2D eigenvalue weighted by atomic mass is 9.67. The summed E-state index contributed by atoms with van der Waals surface area (Å²) in [6, 6.07) is 77.8. The van der Waals surface area contributed by atoms with Crippen LogP contribution in [0.25, 0.3) is 67.5 Å². The molecule has 12 rings (SSSR count). The zero-order valence-electron chi connectivity index (χ0n) is 34.0. The van der Waals surface area contributed by atoms with Gasteiger partial charge in [-0.3, -0.25) is 0 Å². The van der Waals surface area contributed by atoms with Gasteiger partial charge in [0.1, 0.15) is 0 Å². The Morgan fingerprint density at radius 2 is 0.762 bits per heavy atom. The fourth-order valence-corrected chi connectivity index (χ4v) is 9.41. The molecule has 0 unspecified atom stereocenters. The summed E-state index contributed by atoms with van der Waals surface area (Å²) in [4.78, 5) is 15.2. The minimum Gasteiger partial charge on any atom is -0.449 e. The highest BCUT2D eigenvalue weighted by Crippen LogP contribution is 2.60. The van der Waals surface area contributed by atoms with Crippen molar-refractivity contribution in [1.82, 2.24) is 15.0 Å². The molecule has 296 valence electrons. The first-order chi connectivity index (χ1) is 31.2.